The molecule has 0 N–H and O–H groups in total. The second-order valence-electron chi connectivity index (χ2n) is 5.59. The lowest BCUT2D eigenvalue weighted by Gasteiger charge is -2.47. The molecule has 90 valence electrons. The lowest BCUT2D eigenvalue weighted by Crippen LogP contribution is -2.49. The molecule has 0 aromatic rings. The molecule has 0 atom stereocenters. The van der Waals surface area contributed by atoms with Crippen molar-refractivity contribution in [2.45, 2.75) is 50.5 Å². The van der Waals surface area contributed by atoms with E-state index in [0.29, 0.717) is 5.54 Å². The van der Waals surface area contributed by atoms with E-state index in [1.165, 1.54) is 51.5 Å². The van der Waals surface area contributed by atoms with Crippen molar-refractivity contribution in [2.75, 3.05) is 34.7 Å². The standard InChI is InChI=1S/C13H28N2/c1-14(2)12-7-5-6-9-13(15(3)4)10-8-11-13/h5-12H2,1-4H3. The fourth-order valence-electron chi connectivity index (χ4n) is 2.56. The highest BCUT2D eigenvalue weighted by molar-refractivity contribution is 4.95. The number of unbranched alkanes of at least 4 members (excludes halogenated alkanes) is 2. The molecule has 0 bridgehead atoms. The van der Waals surface area contributed by atoms with Gasteiger partial charge in [0.25, 0.3) is 0 Å². The molecule has 1 aliphatic rings. The Hall–Kier alpha value is -0.0800. The zero-order valence-electron chi connectivity index (χ0n) is 11.1. The molecule has 0 unspecified atom stereocenters. The van der Waals surface area contributed by atoms with Gasteiger partial charge in [-0.3, -0.25) is 0 Å². The Kier molecular flexibility index (Phi) is 5.07. The van der Waals surface area contributed by atoms with E-state index < -0.39 is 0 Å². The van der Waals surface area contributed by atoms with E-state index in [1.54, 1.807) is 0 Å². The largest absolute Gasteiger partial charge is 0.309 e. The lowest BCUT2D eigenvalue weighted by molar-refractivity contribution is 0.0485. The molecule has 1 saturated carbocycles. The van der Waals surface area contributed by atoms with Gasteiger partial charge in [0.15, 0.2) is 0 Å². The molecule has 2 heteroatoms. The van der Waals surface area contributed by atoms with E-state index in [9.17, 15) is 0 Å². The smallest absolute Gasteiger partial charge is 0.0203 e. The molecule has 0 aromatic heterocycles. The van der Waals surface area contributed by atoms with Crippen molar-refractivity contribution in [1.29, 1.82) is 0 Å². The van der Waals surface area contributed by atoms with Crippen LogP contribution in [0.2, 0.25) is 0 Å². The van der Waals surface area contributed by atoms with Crippen molar-refractivity contribution >= 4 is 0 Å². The molecule has 0 spiro atoms. The van der Waals surface area contributed by atoms with E-state index in [-0.39, 0.29) is 0 Å². The molecule has 0 saturated heterocycles. The van der Waals surface area contributed by atoms with E-state index in [0.717, 1.165) is 0 Å². The summed E-state index contributed by atoms with van der Waals surface area (Å²) in [4.78, 5) is 4.74. The van der Waals surface area contributed by atoms with Gasteiger partial charge in [-0.1, -0.05) is 12.8 Å². The molecule has 2 nitrogen and oxygen atoms in total. The van der Waals surface area contributed by atoms with Crippen molar-refractivity contribution in [3.8, 4) is 0 Å². The summed E-state index contributed by atoms with van der Waals surface area (Å²) in [6.45, 7) is 1.25. The Bertz CT molecular complexity index is 171. The number of nitrogens with zero attached hydrogens (tertiary/aromatic N) is 2. The highest BCUT2D eigenvalue weighted by Gasteiger charge is 2.37. The SMILES string of the molecule is CN(C)CCCCCC1(N(C)C)CCC1. The van der Waals surface area contributed by atoms with Gasteiger partial charge in [0.2, 0.25) is 0 Å². The minimum absolute atomic E-state index is 0.581. The first-order chi connectivity index (χ1) is 7.07. The van der Waals surface area contributed by atoms with Crippen LogP contribution in [0.4, 0.5) is 0 Å². The third-order valence-electron chi connectivity index (χ3n) is 3.98. The third-order valence-corrected chi connectivity index (χ3v) is 3.98. The maximum Gasteiger partial charge on any atom is 0.0203 e. The summed E-state index contributed by atoms with van der Waals surface area (Å²) in [7, 11) is 8.82. The van der Waals surface area contributed by atoms with Gasteiger partial charge in [-0.15, -0.1) is 0 Å². The lowest BCUT2D eigenvalue weighted by atomic mass is 9.72. The van der Waals surface area contributed by atoms with Gasteiger partial charge in [-0.25, -0.2) is 0 Å². The van der Waals surface area contributed by atoms with Crippen molar-refractivity contribution in [2.24, 2.45) is 0 Å². The summed E-state index contributed by atoms with van der Waals surface area (Å²) in [5.41, 5.74) is 0.581. The van der Waals surface area contributed by atoms with E-state index in [4.69, 9.17) is 0 Å². The quantitative estimate of drug-likeness (QED) is 0.599. The summed E-state index contributed by atoms with van der Waals surface area (Å²) >= 11 is 0. The minimum atomic E-state index is 0.581. The van der Waals surface area contributed by atoms with Crippen LogP contribution in [0.25, 0.3) is 0 Å². The summed E-state index contributed by atoms with van der Waals surface area (Å²) < 4.78 is 0. The van der Waals surface area contributed by atoms with Crippen LogP contribution in [0.3, 0.4) is 0 Å². The first-order valence-electron chi connectivity index (χ1n) is 6.39. The highest BCUT2D eigenvalue weighted by atomic mass is 15.2. The molecule has 1 fully saturated rings. The van der Waals surface area contributed by atoms with Gasteiger partial charge < -0.3 is 9.80 Å². The van der Waals surface area contributed by atoms with Crippen molar-refractivity contribution < 1.29 is 0 Å². The molecular formula is C13H28N2. The zero-order chi connectivity index (χ0) is 11.3. The predicted octanol–water partition coefficient (Wildman–Crippen LogP) is 2.59. The Morgan fingerprint density at radius 2 is 1.60 bits per heavy atom. The normalized spacial score (nSPS) is 19.6. The average molecular weight is 212 g/mol. The second kappa shape index (κ2) is 5.86. The predicted molar refractivity (Wildman–Crippen MR) is 67.3 cm³/mol. The fourth-order valence-corrected chi connectivity index (χ4v) is 2.56. The molecular weight excluding hydrogens is 184 g/mol. The van der Waals surface area contributed by atoms with E-state index >= 15 is 0 Å². The van der Waals surface area contributed by atoms with Gasteiger partial charge in [0, 0.05) is 5.54 Å². The number of hydrogen-bond donors (Lipinski definition) is 0. The monoisotopic (exact) mass is 212 g/mol. The molecule has 0 radical (unpaired) electrons. The fraction of sp³-hybridized carbons (Fsp3) is 1.00. The Balaban J connectivity index is 2.08. The molecule has 15 heavy (non-hydrogen) atoms. The summed E-state index contributed by atoms with van der Waals surface area (Å²) in [6.07, 6.45) is 9.86. The van der Waals surface area contributed by atoms with Crippen LogP contribution in [-0.4, -0.2) is 50.1 Å². The van der Waals surface area contributed by atoms with Crippen LogP contribution in [0.1, 0.15) is 44.9 Å². The molecule has 0 amide bonds. The summed E-state index contributed by atoms with van der Waals surface area (Å²) in [6, 6.07) is 0. The summed E-state index contributed by atoms with van der Waals surface area (Å²) in [5, 5.41) is 0. The minimum Gasteiger partial charge on any atom is -0.309 e. The second-order valence-corrected chi connectivity index (χ2v) is 5.59. The van der Waals surface area contributed by atoms with Gasteiger partial charge in [-0.05, 0) is 66.8 Å². The maximum absolute atomic E-state index is 2.46. The number of rotatable bonds is 7. The van der Waals surface area contributed by atoms with Gasteiger partial charge >= 0.3 is 0 Å². The van der Waals surface area contributed by atoms with Gasteiger partial charge in [0.1, 0.15) is 0 Å². The summed E-state index contributed by atoms with van der Waals surface area (Å²) in [5.74, 6) is 0. The molecule has 0 heterocycles. The van der Waals surface area contributed by atoms with Crippen LogP contribution < -0.4 is 0 Å². The topological polar surface area (TPSA) is 6.48 Å². The average Bonchev–Trinajstić information content (AvgIpc) is 2.06. The third kappa shape index (κ3) is 3.76. The van der Waals surface area contributed by atoms with Crippen LogP contribution in [0, 0.1) is 0 Å². The first-order valence-corrected chi connectivity index (χ1v) is 6.39. The maximum atomic E-state index is 2.46. The van der Waals surface area contributed by atoms with Crippen LogP contribution >= 0.6 is 0 Å². The number of hydrogen-bond acceptors (Lipinski definition) is 2. The first kappa shape index (κ1) is 13.0. The van der Waals surface area contributed by atoms with E-state index in [2.05, 4.69) is 38.0 Å². The molecule has 0 aromatic carbocycles. The van der Waals surface area contributed by atoms with Gasteiger partial charge in [0.05, 0.1) is 0 Å². The van der Waals surface area contributed by atoms with E-state index in [1.807, 2.05) is 0 Å². The van der Waals surface area contributed by atoms with Crippen LogP contribution in [0.5, 0.6) is 0 Å². The van der Waals surface area contributed by atoms with Crippen molar-refractivity contribution in [3.05, 3.63) is 0 Å². The molecule has 1 aliphatic carbocycles. The van der Waals surface area contributed by atoms with Crippen LogP contribution in [0.15, 0.2) is 0 Å². The molecule has 0 aliphatic heterocycles. The Labute approximate surface area is 95.6 Å². The highest BCUT2D eigenvalue weighted by Crippen LogP contribution is 2.40. The molecule has 1 rings (SSSR count). The van der Waals surface area contributed by atoms with Crippen molar-refractivity contribution in [3.63, 3.8) is 0 Å². The Morgan fingerprint density at radius 3 is 2.00 bits per heavy atom. The van der Waals surface area contributed by atoms with Crippen LogP contribution in [-0.2, 0) is 0 Å². The Morgan fingerprint density at radius 1 is 0.933 bits per heavy atom. The zero-order valence-corrected chi connectivity index (χ0v) is 11.1. The van der Waals surface area contributed by atoms with Crippen molar-refractivity contribution in [1.82, 2.24) is 9.80 Å². The van der Waals surface area contributed by atoms with Gasteiger partial charge in [-0.2, -0.15) is 0 Å².